The van der Waals surface area contributed by atoms with Crippen LogP contribution in [0.3, 0.4) is 0 Å². The first-order valence-electron chi connectivity index (χ1n) is 7.02. The number of hydrogen-bond acceptors (Lipinski definition) is 4. The molecular weight excluding hydrogens is 268 g/mol. The zero-order valence-corrected chi connectivity index (χ0v) is 12.7. The topological polar surface area (TPSA) is 96.2 Å². The standard InChI is InChI=1S/C15H22N4O2/c1-15(2,14(21)17-3)8-18-12-7-11-9(6-10(12)16)4-5-13(20)19-11/h6-7,18H,4-5,8,16H2,1-3H3,(H,17,21)(H,19,20). The molecule has 6 nitrogen and oxygen atoms in total. The maximum atomic E-state index is 11.8. The van der Waals surface area contributed by atoms with Crippen molar-refractivity contribution in [2.45, 2.75) is 26.7 Å². The number of rotatable bonds is 4. The number of fused-ring (bicyclic) bond motifs is 1. The Morgan fingerprint density at radius 2 is 2.10 bits per heavy atom. The van der Waals surface area contributed by atoms with E-state index in [9.17, 15) is 9.59 Å². The summed E-state index contributed by atoms with van der Waals surface area (Å²) in [4.78, 5) is 23.2. The summed E-state index contributed by atoms with van der Waals surface area (Å²) in [7, 11) is 1.62. The lowest BCUT2D eigenvalue weighted by atomic mass is 9.92. The van der Waals surface area contributed by atoms with Gasteiger partial charge in [0, 0.05) is 25.7 Å². The Bertz CT molecular complexity index is 581. The van der Waals surface area contributed by atoms with Gasteiger partial charge in [-0.2, -0.15) is 0 Å². The molecule has 2 rings (SSSR count). The lowest BCUT2D eigenvalue weighted by Crippen LogP contribution is -2.39. The summed E-state index contributed by atoms with van der Waals surface area (Å²) in [6.07, 6.45) is 1.19. The third-order valence-corrected chi connectivity index (χ3v) is 3.73. The highest BCUT2D eigenvalue weighted by Crippen LogP contribution is 2.31. The molecule has 0 saturated carbocycles. The molecule has 114 valence electrons. The minimum Gasteiger partial charge on any atom is -0.397 e. The fourth-order valence-electron chi connectivity index (χ4n) is 2.34. The molecule has 0 bridgehead atoms. The van der Waals surface area contributed by atoms with E-state index in [0.29, 0.717) is 25.1 Å². The molecule has 0 unspecified atom stereocenters. The molecule has 1 aromatic carbocycles. The number of amides is 2. The van der Waals surface area contributed by atoms with Gasteiger partial charge in [-0.25, -0.2) is 0 Å². The molecule has 6 heteroatoms. The van der Waals surface area contributed by atoms with E-state index in [1.54, 1.807) is 7.05 Å². The first-order valence-corrected chi connectivity index (χ1v) is 7.02. The van der Waals surface area contributed by atoms with Crippen molar-refractivity contribution in [2.24, 2.45) is 5.41 Å². The molecule has 5 N–H and O–H groups in total. The Morgan fingerprint density at radius 3 is 2.76 bits per heavy atom. The SMILES string of the molecule is CNC(=O)C(C)(C)CNc1cc2c(cc1N)CCC(=O)N2. The van der Waals surface area contributed by atoms with Crippen molar-refractivity contribution >= 4 is 28.9 Å². The van der Waals surface area contributed by atoms with E-state index in [1.165, 1.54) is 0 Å². The van der Waals surface area contributed by atoms with Crippen LogP contribution in [0.15, 0.2) is 12.1 Å². The van der Waals surface area contributed by atoms with E-state index in [0.717, 1.165) is 16.9 Å². The molecule has 1 aliphatic heterocycles. The second kappa shape index (κ2) is 5.63. The van der Waals surface area contributed by atoms with Gasteiger partial charge in [-0.1, -0.05) is 0 Å². The molecule has 1 heterocycles. The van der Waals surface area contributed by atoms with Gasteiger partial charge in [-0.3, -0.25) is 9.59 Å². The highest BCUT2D eigenvalue weighted by molar-refractivity contribution is 5.95. The lowest BCUT2D eigenvalue weighted by molar-refractivity contribution is -0.128. The average Bonchev–Trinajstić information content (AvgIpc) is 2.44. The van der Waals surface area contributed by atoms with Crippen LogP contribution in [-0.4, -0.2) is 25.4 Å². The number of carbonyl (C=O) groups is 2. The quantitative estimate of drug-likeness (QED) is 0.629. The van der Waals surface area contributed by atoms with Gasteiger partial charge in [0.1, 0.15) is 0 Å². The maximum Gasteiger partial charge on any atom is 0.227 e. The Balaban J connectivity index is 2.16. The van der Waals surface area contributed by atoms with E-state index in [2.05, 4.69) is 16.0 Å². The Morgan fingerprint density at radius 1 is 1.38 bits per heavy atom. The molecule has 0 aliphatic carbocycles. The van der Waals surface area contributed by atoms with Crippen LogP contribution >= 0.6 is 0 Å². The number of benzene rings is 1. The van der Waals surface area contributed by atoms with Crippen LogP contribution in [0.5, 0.6) is 0 Å². The van der Waals surface area contributed by atoms with Crippen LogP contribution in [0.4, 0.5) is 17.1 Å². The molecule has 0 atom stereocenters. The minimum absolute atomic E-state index is 0.0175. The number of nitrogens with two attached hydrogens (primary N) is 1. The molecule has 2 amide bonds. The molecule has 0 radical (unpaired) electrons. The number of carbonyl (C=O) groups excluding carboxylic acids is 2. The molecule has 0 spiro atoms. The highest BCUT2D eigenvalue weighted by atomic mass is 16.2. The summed E-state index contributed by atoms with van der Waals surface area (Å²) in [6, 6.07) is 3.71. The summed E-state index contributed by atoms with van der Waals surface area (Å²) >= 11 is 0. The summed E-state index contributed by atoms with van der Waals surface area (Å²) < 4.78 is 0. The summed E-state index contributed by atoms with van der Waals surface area (Å²) in [5.74, 6) is -0.0243. The molecule has 1 aliphatic rings. The second-order valence-electron chi connectivity index (χ2n) is 5.96. The van der Waals surface area contributed by atoms with Gasteiger partial charge < -0.3 is 21.7 Å². The lowest BCUT2D eigenvalue weighted by Gasteiger charge is -2.25. The fourth-order valence-corrected chi connectivity index (χ4v) is 2.34. The van der Waals surface area contributed by atoms with Crippen LogP contribution < -0.4 is 21.7 Å². The smallest absolute Gasteiger partial charge is 0.227 e. The summed E-state index contributed by atoms with van der Waals surface area (Å²) in [5, 5.41) is 8.69. The van der Waals surface area contributed by atoms with Gasteiger partial charge in [0.05, 0.1) is 16.8 Å². The van der Waals surface area contributed by atoms with Crippen molar-refractivity contribution < 1.29 is 9.59 Å². The van der Waals surface area contributed by atoms with E-state index in [1.807, 2.05) is 26.0 Å². The van der Waals surface area contributed by atoms with Gasteiger partial charge >= 0.3 is 0 Å². The predicted octanol–water partition coefficient (Wildman–Crippen LogP) is 1.34. The molecule has 0 saturated heterocycles. The van der Waals surface area contributed by atoms with E-state index >= 15 is 0 Å². The van der Waals surface area contributed by atoms with Crippen molar-refractivity contribution in [3.63, 3.8) is 0 Å². The summed E-state index contributed by atoms with van der Waals surface area (Å²) in [5.41, 5.74) is 8.68. The van der Waals surface area contributed by atoms with E-state index in [-0.39, 0.29) is 11.8 Å². The average molecular weight is 290 g/mol. The van der Waals surface area contributed by atoms with Gasteiger partial charge in [0.2, 0.25) is 11.8 Å². The maximum absolute atomic E-state index is 11.8. The van der Waals surface area contributed by atoms with Crippen LogP contribution in [0.25, 0.3) is 0 Å². The van der Waals surface area contributed by atoms with Gasteiger partial charge in [-0.05, 0) is 38.0 Å². The second-order valence-corrected chi connectivity index (χ2v) is 5.96. The van der Waals surface area contributed by atoms with Crippen molar-refractivity contribution in [1.82, 2.24) is 5.32 Å². The molecular formula is C15H22N4O2. The minimum atomic E-state index is -0.555. The number of nitrogen functional groups attached to an aromatic ring is 1. The van der Waals surface area contributed by atoms with Crippen LogP contribution in [0.2, 0.25) is 0 Å². The largest absolute Gasteiger partial charge is 0.397 e. The van der Waals surface area contributed by atoms with Crippen molar-refractivity contribution in [1.29, 1.82) is 0 Å². The monoisotopic (exact) mass is 290 g/mol. The van der Waals surface area contributed by atoms with E-state index < -0.39 is 5.41 Å². The Hall–Kier alpha value is -2.24. The Kier molecular flexibility index (Phi) is 4.06. The van der Waals surface area contributed by atoms with Gasteiger partial charge in [0.15, 0.2) is 0 Å². The third kappa shape index (κ3) is 3.26. The first kappa shape index (κ1) is 15.2. The fraction of sp³-hybridized carbons (Fsp3) is 0.467. The van der Waals surface area contributed by atoms with Crippen molar-refractivity contribution in [2.75, 3.05) is 30.0 Å². The highest BCUT2D eigenvalue weighted by Gasteiger charge is 2.26. The summed E-state index contributed by atoms with van der Waals surface area (Å²) in [6.45, 7) is 4.16. The van der Waals surface area contributed by atoms with Crippen LogP contribution in [0, 0.1) is 5.41 Å². The predicted molar refractivity (Wildman–Crippen MR) is 84.1 cm³/mol. The zero-order chi connectivity index (χ0) is 15.6. The van der Waals surface area contributed by atoms with Gasteiger partial charge in [0.25, 0.3) is 0 Å². The van der Waals surface area contributed by atoms with E-state index in [4.69, 9.17) is 5.73 Å². The molecule has 1 aromatic rings. The van der Waals surface area contributed by atoms with Crippen LogP contribution in [0.1, 0.15) is 25.8 Å². The third-order valence-electron chi connectivity index (χ3n) is 3.73. The number of hydrogen-bond donors (Lipinski definition) is 4. The number of anilines is 3. The molecule has 21 heavy (non-hydrogen) atoms. The normalized spacial score (nSPS) is 14.1. The Labute approximate surface area is 124 Å². The van der Waals surface area contributed by atoms with Crippen LogP contribution in [-0.2, 0) is 16.0 Å². The molecule has 0 fully saturated rings. The number of aryl methyl sites for hydroxylation is 1. The van der Waals surface area contributed by atoms with Crippen molar-refractivity contribution in [3.05, 3.63) is 17.7 Å². The van der Waals surface area contributed by atoms with Crippen molar-refractivity contribution in [3.8, 4) is 0 Å². The number of nitrogens with one attached hydrogen (secondary N) is 3. The first-order chi connectivity index (χ1) is 9.83. The molecule has 0 aromatic heterocycles. The zero-order valence-electron chi connectivity index (χ0n) is 12.7. The van der Waals surface area contributed by atoms with Gasteiger partial charge in [-0.15, -0.1) is 0 Å².